The van der Waals surface area contributed by atoms with E-state index in [-0.39, 0.29) is 5.91 Å². The second kappa shape index (κ2) is 5.27. The molecule has 6 rings (SSSR count). The van der Waals surface area contributed by atoms with Crippen LogP contribution in [0, 0.1) is 30.6 Å². The summed E-state index contributed by atoms with van der Waals surface area (Å²) in [6, 6.07) is 8.09. The van der Waals surface area contributed by atoms with Crippen molar-refractivity contribution in [3.8, 4) is 0 Å². The van der Waals surface area contributed by atoms with E-state index in [4.69, 9.17) is 0 Å². The first-order chi connectivity index (χ1) is 11.7. The van der Waals surface area contributed by atoms with Crippen molar-refractivity contribution >= 4 is 16.9 Å². The number of nitrogens with zero attached hydrogens (tertiary/aromatic N) is 2. The highest BCUT2D eigenvalue weighted by Crippen LogP contribution is 2.53. The lowest BCUT2D eigenvalue weighted by atomic mass is 9.54. The highest BCUT2D eigenvalue weighted by molar-refractivity contribution is 5.95. The van der Waals surface area contributed by atoms with Crippen LogP contribution in [0.15, 0.2) is 24.3 Å². The van der Waals surface area contributed by atoms with Crippen LogP contribution in [0.5, 0.6) is 0 Å². The van der Waals surface area contributed by atoms with E-state index in [0.29, 0.717) is 23.6 Å². The van der Waals surface area contributed by atoms with Gasteiger partial charge in [0.1, 0.15) is 5.69 Å². The predicted octanol–water partition coefficient (Wildman–Crippen LogP) is 3.49. The van der Waals surface area contributed by atoms with Crippen LogP contribution < -0.4 is 5.32 Å². The molecule has 4 fully saturated rings. The fourth-order valence-corrected chi connectivity index (χ4v) is 5.68. The van der Waals surface area contributed by atoms with Gasteiger partial charge in [-0.3, -0.25) is 4.79 Å². The van der Waals surface area contributed by atoms with Gasteiger partial charge in [-0.1, -0.05) is 12.1 Å². The largest absolute Gasteiger partial charge is 0.347 e. The number of amides is 1. The molecular weight excluding hydrogens is 298 g/mol. The van der Waals surface area contributed by atoms with Gasteiger partial charge in [-0.2, -0.15) is 0 Å². The Morgan fingerprint density at radius 3 is 2.17 bits per heavy atom. The van der Waals surface area contributed by atoms with Crippen LogP contribution in [0.3, 0.4) is 0 Å². The Kier molecular flexibility index (Phi) is 3.15. The summed E-state index contributed by atoms with van der Waals surface area (Å²) in [5.41, 5.74) is 2.84. The molecule has 0 radical (unpaired) electrons. The van der Waals surface area contributed by atoms with Crippen LogP contribution in [0.4, 0.5) is 0 Å². The molecule has 1 heterocycles. The molecule has 1 amide bonds. The first kappa shape index (κ1) is 14.4. The second-order valence-electron chi connectivity index (χ2n) is 8.08. The van der Waals surface area contributed by atoms with Gasteiger partial charge in [0.2, 0.25) is 0 Å². The van der Waals surface area contributed by atoms with Crippen LogP contribution >= 0.6 is 0 Å². The van der Waals surface area contributed by atoms with Crippen molar-refractivity contribution < 1.29 is 4.79 Å². The third-order valence-electron chi connectivity index (χ3n) is 6.48. The maximum atomic E-state index is 12.9. The van der Waals surface area contributed by atoms with E-state index in [1.54, 1.807) is 0 Å². The number of carbonyl (C=O) groups excluding carboxylic acids is 1. The van der Waals surface area contributed by atoms with E-state index >= 15 is 0 Å². The Labute approximate surface area is 142 Å². The summed E-state index contributed by atoms with van der Waals surface area (Å²) in [6.07, 6.45) is 6.66. The van der Waals surface area contributed by atoms with Gasteiger partial charge >= 0.3 is 0 Å². The Morgan fingerprint density at radius 2 is 1.54 bits per heavy atom. The fourth-order valence-electron chi connectivity index (χ4n) is 5.68. The highest BCUT2D eigenvalue weighted by Gasteiger charge is 2.48. The van der Waals surface area contributed by atoms with Crippen LogP contribution in [0.2, 0.25) is 0 Å². The average Bonchev–Trinajstić information content (AvgIpc) is 2.56. The summed E-state index contributed by atoms with van der Waals surface area (Å²) in [6.45, 7) is 1.88. The lowest BCUT2D eigenvalue weighted by Crippen LogP contribution is -2.56. The number of aromatic nitrogens is 2. The van der Waals surface area contributed by atoms with Gasteiger partial charge in [-0.25, -0.2) is 9.97 Å². The molecule has 0 aliphatic heterocycles. The summed E-state index contributed by atoms with van der Waals surface area (Å²) < 4.78 is 0. The molecule has 4 nitrogen and oxygen atoms in total. The number of hydrogen-bond acceptors (Lipinski definition) is 3. The Bertz CT molecular complexity index is 788. The minimum absolute atomic E-state index is 0.0387. The van der Waals surface area contributed by atoms with Crippen molar-refractivity contribution in [2.75, 3.05) is 0 Å². The molecule has 4 bridgehead atoms. The summed E-state index contributed by atoms with van der Waals surface area (Å²) in [5, 5.41) is 3.34. The topological polar surface area (TPSA) is 54.9 Å². The lowest BCUT2D eigenvalue weighted by molar-refractivity contribution is -0.0120. The normalized spacial score (nSPS) is 33.8. The van der Waals surface area contributed by atoms with E-state index < -0.39 is 0 Å². The molecular formula is C20H23N3O. The fraction of sp³-hybridized carbons (Fsp3) is 0.550. The summed E-state index contributed by atoms with van der Waals surface area (Å²) in [5.74, 6) is 3.16. The van der Waals surface area contributed by atoms with Crippen molar-refractivity contribution in [2.45, 2.75) is 45.1 Å². The minimum Gasteiger partial charge on any atom is -0.347 e. The van der Waals surface area contributed by atoms with E-state index in [9.17, 15) is 4.79 Å². The summed E-state index contributed by atoms with van der Waals surface area (Å²) >= 11 is 0. The zero-order chi connectivity index (χ0) is 16.3. The minimum atomic E-state index is -0.0387. The molecule has 0 saturated heterocycles. The lowest BCUT2D eigenvalue weighted by Gasteiger charge is -2.54. The molecule has 4 heteroatoms. The van der Waals surface area contributed by atoms with Gasteiger partial charge in [0.05, 0.1) is 16.7 Å². The van der Waals surface area contributed by atoms with E-state index in [1.807, 2.05) is 31.2 Å². The van der Waals surface area contributed by atoms with Crippen molar-refractivity contribution in [3.05, 3.63) is 35.7 Å². The number of rotatable bonds is 2. The number of fused-ring (bicyclic) bond motifs is 1. The molecule has 0 spiro atoms. The van der Waals surface area contributed by atoms with Crippen molar-refractivity contribution in [2.24, 2.45) is 23.7 Å². The summed E-state index contributed by atoms with van der Waals surface area (Å²) in [4.78, 5) is 22.0. The first-order valence-corrected chi connectivity index (χ1v) is 9.21. The number of carbonyl (C=O) groups is 1. The van der Waals surface area contributed by atoms with Crippen LogP contribution in [0.25, 0.3) is 11.0 Å². The van der Waals surface area contributed by atoms with Gasteiger partial charge in [0, 0.05) is 6.04 Å². The van der Waals surface area contributed by atoms with Crippen LogP contribution in [0.1, 0.15) is 48.3 Å². The second-order valence-corrected chi connectivity index (χ2v) is 8.08. The molecule has 4 saturated carbocycles. The van der Waals surface area contributed by atoms with Gasteiger partial charge in [-0.15, -0.1) is 0 Å². The Balaban J connectivity index is 1.42. The first-order valence-electron chi connectivity index (χ1n) is 9.21. The third kappa shape index (κ3) is 2.23. The molecule has 24 heavy (non-hydrogen) atoms. The van der Waals surface area contributed by atoms with Crippen molar-refractivity contribution in [1.29, 1.82) is 0 Å². The van der Waals surface area contributed by atoms with Crippen LogP contribution in [-0.2, 0) is 0 Å². The third-order valence-corrected chi connectivity index (χ3v) is 6.48. The van der Waals surface area contributed by atoms with Gasteiger partial charge < -0.3 is 5.32 Å². The number of benzene rings is 1. The molecule has 1 aromatic carbocycles. The molecule has 0 unspecified atom stereocenters. The average molecular weight is 321 g/mol. The molecule has 4 aliphatic carbocycles. The maximum absolute atomic E-state index is 12.9. The van der Waals surface area contributed by atoms with Crippen molar-refractivity contribution in [1.82, 2.24) is 15.3 Å². The molecule has 0 atom stereocenters. The SMILES string of the molecule is Cc1nc2ccccc2nc1C(=O)NC1C2CC3CC(C2)CC1C3. The van der Waals surface area contributed by atoms with Gasteiger partial charge in [0.15, 0.2) is 0 Å². The quantitative estimate of drug-likeness (QED) is 0.921. The van der Waals surface area contributed by atoms with E-state index in [2.05, 4.69) is 15.3 Å². The van der Waals surface area contributed by atoms with Crippen molar-refractivity contribution in [3.63, 3.8) is 0 Å². The maximum Gasteiger partial charge on any atom is 0.272 e. The van der Waals surface area contributed by atoms with E-state index in [0.717, 1.165) is 28.6 Å². The standard InChI is InChI=1S/C20H23N3O/c1-11-18(22-17-5-3-2-4-16(17)21-11)20(24)23-19-14-7-12-6-13(9-14)10-15(19)8-12/h2-5,12-15,19H,6-10H2,1H3,(H,23,24). The Hall–Kier alpha value is -1.97. The predicted molar refractivity (Wildman–Crippen MR) is 92.6 cm³/mol. The number of nitrogens with one attached hydrogen (secondary N) is 1. The van der Waals surface area contributed by atoms with E-state index in [1.165, 1.54) is 32.1 Å². The van der Waals surface area contributed by atoms with Gasteiger partial charge in [-0.05, 0) is 74.8 Å². The zero-order valence-electron chi connectivity index (χ0n) is 14.0. The number of hydrogen-bond donors (Lipinski definition) is 1. The summed E-state index contributed by atoms with van der Waals surface area (Å²) in [7, 11) is 0. The zero-order valence-corrected chi connectivity index (χ0v) is 14.0. The monoisotopic (exact) mass is 321 g/mol. The number of para-hydroxylation sites is 2. The van der Waals surface area contributed by atoms with Crippen LogP contribution in [-0.4, -0.2) is 21.9 Å². The molecule has 1 aromatic heterocycles. The smallest absolute Gasteiger partial charge is 0.272 e. The number of aryl methyl sites for hydroxylation is 1. The van der Waals surface area contributed by atoms with Gasteiger partial charge in [0.25, 0.3) is 5.91 Å². The molecule has 2 aromatic rings. The Morgan fingerprint density at radius 1 is 0.958 bits per heavy atom. The highest BCUT2D eigenvalue weighted by atomic mass is 16.2. The molecule has 4 aliphatic rings. The molecule has 124 valence electrons. The molecule has 1 N–H and O–H groups in total.